The number of unbranched alkanes of at least 4 members (excludes halogenated alkanes) is 69. The van der Waals surface area contributed by atoms with Crippen molar-refractivity contribution < 1.29 is 24.5 Å². The zero-order chi connectivity index (χ0) is 67.0. The Morgan fingerprint density at radius 3 is 0.763 bits per heavy atom. The predicted octanol–water partition coefficient (Wildman–Crippen LogP) is 28.8. The van der Waals surface area contributed by atoms with Gasteiger partial charge in [0.1, 0.15) is 0 Å². The fraction of sp³-hybridized carbons (Fsp3) is 0.931. The van der Waals surface area contributed by atoms with Crippen LogP contribution in [0.25, 0.3) is 0 Å². The summed E-state index contributed by atoms with van der Waals surface area (Å²) < 4.78 is 5.52. The first-order chi connectivity index (χ1) is 46.0. The van der Waals surface area contributed by atoms with E-state index in [-0.39, 0.29) is 18.5 Å². The largest absolute Gasteiger partial charge is 0.466 e. The zero-order valence-electron chi connectivity index (χ0n) is 63.5. The Kier molecular flexibility index (Phi) is 81.3. The topological polar surface area (TPSA) is 95.9 Å². The number of ether oxygens (including phenoxy) is 1. The molecule has 0 saturated carbocycles. The third-order valence-corrected chi connectivity index (χ3v) is 20.5. The molecule has 0 heterocycles. The number of nitrogens with one attached hydrogen (secondary N) is 1. The number of rotatable bonds is 82. The van der Waals surface area contributed by atoms with Crippen molar-refractivity contribution in [3.05, 3.63) is 24.3 Å². The number of allylic oxidation sites excluding steroid dienone is 3. The van der Waals surface area contributed by atoms with E-state index in [9.17, 15) is 19.8 Å². The fourth-order valence-corrected chi connectivity index (χ4v) is 13.9. The monoisotopic (exact) mass is 1310 g/mol. The lowest BCUT2D eigenvalue weighted by Crippen LogP contribution is -2.45. The fourth-order valence-electron chi connectivity index (χ4n) is 13.9. The summed E-state index contributed by atoms with van der Waals surface area (Å²) in [6.45, 7) is 4.97. The van der Waals surface area contributed by atoms with Crippen molar-refractivity contribution in [2.24, 2.45) is 0 Å². The molecule has 2 unspecified atom stereocenters. The second kappa shape index (κ2) is 82.8. The second-order valence-electron chi connectivity index (χ2n) is 29.9. The first-order valence-corrected chi connectivity index (χ1v) is 43.1. The average molecular weight is 1310 g/mol. The third-order valence-electron chi connectivity index (χ3n) is 20.5. The van der Waals surface area contributed by atoms with Crippen LogP contribution in [0.5, 0.6) is 0 Å². The molecule has 0 spiro atoms. The highest BCUT2D eigenvalue weighted by molar-refractivity contribution is 5.76. The maximum Gasteiger partial charge on any atom is 0.305 e. The maximum atomic E-state index is 12.6. The van der Waals surface area contributed by atoms with Crippen LogP contribution in [0.2, 0.25) is 0 Å². The van der Waals surface area contributed by atoms with Crippen LogP contribution in [0.1, 0.15) is 495 Å². The summed E-state index contributed by atoms with van der Waals surface area (Å²) in [4.78, 5) is 24.7. The summed E-state index contributed by atoms with van der Waals surface area (Å²) >= 11 is 0. The van der Waals surface area contributed by atoms with Gasteiger partial charge in [0, 0.05) is 12.8 Å². The zero-order valence-corrected chi connectivity index (χ0v) is 63.5. The summed E-state index contributed by atoms with van der Waals surface area (Å²) in [6, 6.07) is -0.627. The van der Waals surface area contributed by atoms with Gasteiger partial charge in [0.15, 0.2) is 0 Å². The van der Waals surface area contributed by atoms with Gasteiger partial charge in [0.05, 0.1) is 25.4 Å². The number of amides is 1. The van der Waals surface area contributed by atoms with E-state index in [0.717, 1.165) is 38.5 Å². The Labute approximate surface area is 583 Å². The third kappa shape index (κ3) is 79.2. The van der Waals surface area contributed by atoms with E-state index in [0.29, 0.717) is 19.4 Å². The number of carbonyl (C=O) groups excluding carboxylic acids is 2. The van der Waals surface area contributed by atoms with E-state index in [1.165, 1.54) is 430 Å². The van der Waals surface area contributed by atoms with E-state index < -0.39 is 12.1 Å². The van der Waals surface area contributed by atoms with E-state index in [1.54, 1.807) is 6.08 Å². The number of esters is 1. The standard InChI is InChI=1S/C87H169NO5/c1-3-5-7-9-11-13-15-17-19-21-23-24-25-37-40-44-47-51-55-59-63-67-71-75-79-85(90)84(83-89)88-86(91)80-76-72-68-64-60-56-52-48-45-41-38-35-33-31-29-27-26-28-30-32-34-36-39-42-46-50-54-58-62-66-70-74-78-82-93-87(92)81-77-73-69-65-61-57-53-49-43-22-20-18-16-14-12-10-8-6-4-2/h30,32,75,79,84-85,89-90H,3-29,31,33-74,76-78,80-83H2,1-2H3,(H,88,91)/b32-30-,79-75+. The summed E-state index contributed by atoms with van der Waals surface area (Å²) in [5.41, 5.74) is 0. The first-order valence-electron chi connectivity index (χ1n) is 43.1. The average Bonchev–Trinajstić information content (AvgIpc) is 3.78. The van der Waals surface area contributed by atoms with Crippen LogP contribution >= 0.6 is 0 Å². The van der Waals surface area contributed by atoms with Gasteiger partial charge in [-0.3, -0.25) is 9.59 Å². The number of hydrogen-bond acceptors (Lipinski definition) is 5. The molecule has 2 atom stereocenters. The van der Waals surface area contributed by atoms with E-state index in [4.69, 9.17) is 4.74 Å². The summed E-state index contributed by atoms with van der Waals surface area (Å²) in [5, 5.41) is 23.3. The van der Waals surface area contributed by atoms with Gasteiger partial charge >= 0.3 is 5.97 Å². The van der Waals surface area contributed by atoms with Gasteiger partial charge in [-0.2, -0.15) is 0 Å². The van der Waals surface area contributed by atoms with Gasteiger partial charge in [0.25, 0.3) is 0 Å². The molecule has 93 heavy (non-hydrogen) atoms. The summed E-state index contributed by atoms with van der Waals surface area (Å²) in [6.07, 6.45) is 108. The van der Waals surface area contributed by atoms with Gasteiger partial charge in [-0.25, -0.2) is 0 Å². The Bertz CT molecular complexity index is 1460. The van der Waals surface area contributed by atoms with Gasteiger partial charge in [-0.05, 0) is 57.8 Å². The molecule has 0 saturated heterocycles. The lowest BCUT2D eigenvalue weighted by atomic mass is 10.0. The Balaban J connectivity index is 3.36. The lowest BCUT2D eigenvalue weighted by Gasteiger charge is -2.20. The molecule has 0 bridgehead atoms. The molecule has 6 nitrogen and oxygen atoms in total. The van der Waals surface area contributed by atoms with Crippen LogP contribution in [-0.2, 0) is 14.3 Å². The quantitative estimate of drug-likeness (QED) is 0.0320. The molecule has 6 heteroatoms. The number of hydrogen-bond donors (Lipinski definition) is 3. The second-order valence-corrected chi connectivity index (χ2v) is 29.9. The minimum atomic E-state index is -0.844. The van der Waals surface area contributed by atoms with Gasteiger partial charge in [0.2, 0.25) is 5.91 Å². The molecule has 0 aromatic heterocycles. The number of aliphatic hydroxyl groups excluding tert-OH is 2. The molecule has 0 aromatic rings. The van der Waals surface area contributed by atoms with E-state index in [1.807, 2.05) is 6.08 Å². The van der Waals surface area contributed by atoms with E-state index >= 15 is 0 Å². The van der Waals surface area contributed by atoms with Crippen molar-refractivity contribution in [1.29, 1.82) is 0 Å². The molecular weight excluding hydrogens is 1140 g/mol. The molecule has 3 N–H and O–H groups in total. The molecule has 0 rings (SSSR count). The molecule has 552 valence electrons. The molecule has 0 aliphatic rings. The SMILES string of the molecule is CCCCCCCCCCCCCCCCCCCCCCCC/C=C/C(O)C(CO)NC(=O)CCCCCCCCCCCCCCCCCCC/C=C\CCCCCCCCCCCCCCOC(=O)CCCCCCCCCCCCCCCCCCCCC. The van der Waals surface area contributed by atoms with Crippen molar-refractivity contribution >= 4 is 11.9 Å². The summed E-state index contributed by atoms with van der Waals surface area (Å²) in [5.74, 6) is -0.0345. The van der Waals surface area contributed by atoms with Crippen LogP contribution in [0.3, 0.4) is 0 Å². The van der Waals surface area contributed by atoms with E-state index in [2.05, 4.69) is 31.3 Å². The van der Waals surface area contributed by atoms with Crippen LogP contribution in [0.15, 0.2) is 24.3 Å². The molecule has 0 aliphatic heterocycles. The lowest BCUT2D eigenvalue weighted by molar-refractivity contribution is -0.143. The highest BCUT2D eigenvalue weighted by Crippen LogP contribution is 2.21. The molecule has 0 radical (unpaired) electrons. The molecule has 0 aliphatic carbocycles. The molecular formula is C87H169NO5. The van der Waals surface area contributed by atoms with Crippen molar-refractivity contribution in [3.8, 4) is 0 Å². The first kappa shape index (κ1) is 91.3. The van der Waals surface area contributed by atoms with Crippen molar-refractivity contribution in [1.82, 2.24) is 5.32 Å². The highest BCUT2D eigenvalue weighted by atomic mass is 16.5. The van der Waals surface area contributed by atoms with Crippen LogP contribution in [0.4, 0.5) is 0 Å². The molecule has 0 aromatic carbocycles. The smallest absolute Gasteiger partial charge is 0.305 e. The van der Waals surface area contributed by atoms with Crippen molar-refractivity contribution in [3.63, 3.8) is 0 Å². The minimum absolute atomic E-state index is 0.0246. The molecule has 1 amide bonds. The van der Waals surface area contributed by atoms with Crippen molar-refractivity contribution in [2.45, 2.75) is 508 Å². The highest BCUT2D eigenvalue weighted by Gasteiger charge is 2.18. The summed E-state index contributed by atoms with van der Waals surface area (Å²) in [7, 11) is 0. The Morgan fingerprint density at radius 2 is 0.505 bits per heavy atom. The van der Waals surface area contributed by atoms with Gasteiger partial charge in [-0.1, -0.05) is 449 Å². The maximum absolute atomic E-state index is 12.6. The van der Waals surface area contributed by atoms with Crippen LogP contribution < -0.4 is 5.32 Å². The normalized spacial score (nSPS) is 12.5. The van der Waals surface area contributed by atoms with Crippen LogP contribution in [-0.4, -0.2) is 47.4 Å². The number of aliphatic hydroxyl groups is 2. The predicted molar refractivity (Wildman–Crippen MR) is 412 cm³/mol. The van der Waals surface area contributed by atoms with Gasteiger partial charge < -0.3 is 20.3 Å². The van der Waals surface area contributed by atoms with Gasteiger partial charge in [-0.15, -0.1) is 0 Å². The number of carbonyl (C=O) groups is 2. The molecule has 0 fully saturated rings. The Hall–Kier alpha value is -1.66. The Morgan fingerprint density at radius 1 is 0.290 bits per heavy atom. The van der Waals surface area contributed by atoms with Crippen molar-refractivity contribution in [2.75, 3.05) is 13.2 Å². The van der Waals surface area contributed by atoms with Crippen LogP contribution in [0, 0.1) is 0 Å². The minimum Gasteiger partial charge on any atom is -0.466 e.